The third kappa shape index (κ3) is 3.13. The molecule has 4 heteroatoms. The maximum atomic E-state index is 11.2. The van der Waals surface area contributed by atoms with Crippen LogP contribution in [-0.2, 0) is 6.54 Å². The summed E-state index contributed by atoms with van der Waals surface area (Å²) in [4.78, 5) is 11.2. The Morgan fingerprint density at radius 1 is 1.42 bits per heavy atom. The van der Waals surface area contributed by atoms with Crippen molar-refractivity contribution in [1.29, 1.82) is 0 Å². The molecule has 0 saturated carbocycles. The molecule has 0 atom stereocenters. The van der Waals surface area contributed by atoms with Gasteiger partial charge < -0.3 is 0 Å². The van der Waals surface area contributed by atoms with Crippen LogP contribution < -0.4 is 0 Å². The molecule has 3 nitrogen and oxygen atoms in total. The van der Waals surface area contributed by atoms with Crippen LogP contribution in [0, 0.1) is 6.92 Å². The van der Waals surface area contributed by atoms with Gasteiger partial charge in [-0.05, 0) is 31.0 Å². The molecule has 0 bridgehead atoms. The topological polar surface area (TPSA) is 34.9 Å². The molecule has 1 aromatic heterocycles. The fraction of sp³-hybridized carbons (Fsp3) is 0.333. The molecule has 0 unspecified atom stereocenters. The average molecular weight is 321 g/mol. The van der Waals surface area contributed by atoms with E-state index in [0.29, 0.717) is 5.56 Å². The SMILES string of the molecule is CCCCn1cc(C=O)c(-c2ccc(Br)c(C)c2)n1. The van der Waals surface area contributed by atoms with Gasteiger partial charge in [0.05, 0.1) is 5.56 Å². The Bertz CT molecular complexity index is 590. The van der Waals surface area contributed by atoms with Crippen molar-refractivity contribution in [3.05, 3.63) is 40.0 Å². The van der Waals surface area contributed by atoms with E-state index in [1.54, 1.807) is 0 Å². The molecule has 0 aliphatic heterocycles. The van der Waals surface area contributed by atoms with E-state index < -0.39 is 0 Å². The van der Waals surface area contributed by atoms with Crippen molar-refractivity contribution >= 4 is 22.2 Å². The second-order valence-electron chi connectivity index (χ2n) is 4.63. The smallest absolute Gasteiger partial charge is 0.153 e. The lowest BCUT2D eigenvalue weighted by atomic mass is 10.1. The van der Waals surface area contributed by atoms with Crippen molar-refractivity contribution in [3.8, 4) is 11.3 Å². The Labute approximate surface area is 121 Å². The van der Waals surface area contributed by atoms with Gasteiger partial charge >= 0.3 is 0 Å². The number of unbranched alkanes of at least 4 members (excludes halogenated alkanes) is 1. The minimum Gasteiger partial charge on any atom is -0.298 e. The summed E-state index contributed by atoms with van der Waals surface area (Å²) in [6.45, 7) is 5.03. The largest absolute Gasteiger partial charge is 0.298 e. The molecular formula is C15H17BrN2O. The molecule has 0 amide bonds. The summed E-state index contributed by atoms with van der Waals surface area (Å²) in [5.74, 6) is 0. The number of halogens is 1. The summed E-state index contributed by atoms with van der Waals surface area (Å²) in [6, 6.07) is 6.02. The first-order valence-electron chi connectivity index (χ1n) is 6.45. The van der Waals surface area contributed by atoms with Crippen molar-refractivity contribution in [2.45, 2.75) is 33.2 Å². The highest BCUT2D eigenvalue weighted by atomic mass is 79.9. The van der Waals surface area contributed by atoms with E-state index in [1.807, 2.05) is 36.0 Å². The van der Waals surface area contributed by atoms with Crippen molar-refractivity contribution in [3.63, 3.8) is 0 Å². The fourth-order valence-corrected chi connectivity index (χ4v) is 2.22. The minimum atomic E-state index is 0.651. The monoisotopic (exact) mass is 320 g/mol. The lowest BCUT2D eigenvalue weighted by Crippen LogP contribution is -1.98. The molecule has 0 saturated heterocycles. The first-order chi connectivity index (χ1) is 9.15. The fourth-order valence-electron chi connectivity index (χ4n) is 1.97. The van der Waals surface area contributed by atoms with Crippen LogP contribution in [0.25, 0.3) is 11.3 Å². The average Bonchev–Trinajstić information content (AvgIpc) is 2.83. The van der Waals surface area contributed by atoms with Gasteiger partial charge in [0, 0.05) is 22.8 Å². The van der Waals surface area contributed by atoms with E-state index in [4.69, 9.17) is 0 Å². The number of hydrogen-bond acceptors (Lipinski definition) is 2. The van der Waals surface area contributed by atoms with Crippen LogP contribution in [-0.4, -0.2) is 16.1 Å². The summed E-state index contributed by atoms with van der Waals surface area (Å²) in [5.41, 5.74) is 3.54. The first kappa shape index (κ1) is 14.0. The zero-order valence-electron chi connectivity index (χ0n) is 11.2. The second-order valence-corrected chi connectivity index (χ2v) is 5.49. The van der Waals surface area contributed by atoms with Crippen LogP contribution in [0.4, 0.5) is 0 Å². The van der Waals surface area contributed by atoms with Gasteiger partial charge in [-0.25, -0.2) is 0 Å². The molecule has 0 aliphatic rings. The standard InChI is InChI=1S/C15H17BrN2O/c1-3-4-7-18-9-13(10-19)15(17-18)12-5-6-14(16)11(2)8-12/h5-6,8-10H,3-4,7H2,1-2H3. The highest BCUT2D eigenvalue weighted by molar-refractivity contribution is 9.10. The maximum Gasteiger partial charge on any atom is 0.153 e. The molecule has 0 aliphatic carbocycles. The van der Waals surface area contributed by atoms with Gasteiger partial charge in [0.1, 0.15) is 5.69 Å². The van der Waals surface area contributed by atoms with Crippen LogP contribution in [0.15, 0.2) is 28.9 Å². The number of aromatic nitrogens is 2. The Balaban J connectivity index is 2.39. The van der Waals surface area contributed by atoms with Gasteiger partial charge in [-0.15, -0.1) is 0 Å². The third-order valence-corrected chi connectivity index (χ3v) is 3.98. The highest BCUT2D eigenvalue weighted by Gasteiger charge is 2.11. The van der Waals surface area contributed by atoms with Crippen LogP contribution >= 0.6 is 15.9 Å². The molecule has 100 valence electrons. The minimum absolute atomic E-state index is 0.651. The van der Waals surface area contributed by atoms with Gasteiger partial charge in [0.15, 0.2) is 6.29 Å². The number of carbonyl (C=O) groups excluding carboxylic acids is 1. The number of rotatable bonds is 5. The number of benzene rings is 1. The van der Waals surface area contributed by atoms with Crippen molar-refractivity contribution in [2.75, 3.05) is 0 Å². The molecular weight excluding hydrogens is 304 g/mol. The van der Waals surface area contributed by atoms with Gasteiger partial charge in [-0.1, -0.05) is 35.3 Å². The van der Waals surface area contributed by atoms with E-state index in [1.165, 1.54) is 0 Å². The molecule has 2 aromatic rings. The van der Waals surface area contributed by atoms with E-state index >= 15 is 0 Å². The molecule has 2 rings (SSSR count). The molecule has 0 N–H and O–H groups in total. The van der Waals surface area contributed by atoms with E-state index in [0.717, 1.165) is 47.0 Å². The van der Waals surface area contributed by atoms with Gasteiger partial charge in [-0.2, -0.15) is 5.10 Å². The predicted molar refractivity (Wildman–Crippen MR) is 80.4 cm³/mol. The summed E-state index contributed by atoms with van der Waals surface area (Å²) in [5, 5.41) is 4.53. The number of carbonyl (C=O) groups is 1. The van der Waals surface area contributed by atoms with Crippen molar-refractivity contribution in [1.82, 2.24) is 9.78 Å². The summed E-state index contributed by atoms with van der Waals surface area (Å²) in [6.07, 6.45) is 4.89. The summed E-state index contributed by atoms with van der Waals surface area (Å²) in [7, 11) is 0. The van der Waals surface area contributed by atoms with E-state index in [-0.39, 0.29) is 0 Å². The Morgan fingerprint density at radius 2 is 2.21 bits per heavy atom. The second kappa shape index (κ2) is 6.15. The van der Waals surface area contributed by atoms with Crippen molar-refractivity contribution < 1.29 is 4.79 Å². The third-order valence-electron chi connectivity index (χ3n) is 3.09. The Morgan fingerprint density at radius 3 is 2.84 bits per heavy atom. The molecule has 0 radical (unpaired) electrons. The van der Waals surface area contributed by atoms with E-state index in [9.17, 15) is 4.79 Å². The highest BCUT2D eigenvalue weighted by Crippen LogP contribution is 2.26. The number of hydrogen-bond donors (Lipinski definition) is 0. The van der Waals surface area contributed by atoms with Crippen molar-refractivity contribution in [2.24, 2.45) is 0 Å². The summed E-state index contributed by atoms with van der Waals surface area (Å²) >= 11 is 3.48. The Kier molecular flexibility index (Phi) is 4.53. The molecule has 1 heterocycles. The number of aldehydes is 1. The predicted octanol–water partition coefficient (Wildman–Crippen LogP) is 4.23. The molecule has 0 spiro atoms. The summed E-state index contributed by atoms with van der Waals surface area (Å²) < 4.78 is 2.93. The van der Waals surface area contributed by atoms with Crippen LogP contribution in [0.1, 0.15) is 35.7 Å². The molecule has 19 heavy (non-hydrogen) atoms. The van der Waals surface area contributed by atoms with Gasteiger partial charge in [0.25, 0.3) is 0 Å². The normalized spacial score (nSPS) is 10.7. The number of nitrogens with zero attached hydrogens (tertiary/aromatic N) is 2. The zero-order valence-corrected chi connectivity index (χ0v) is 12.8. The first-order valence-corrected chi connectivity index (χ1v) is 7.24. The van der Waals surface area contributed by atoms with E-state index in [2.05, 4.69) is 28.0 Å². The lowest BCUT2D eigenvalue weighted by molar-refractivity contribution is 0.112. The maximum absolute atomic E-state index is 11.2. The van der Waals surface area contributed by atoms with Gasteiger partial charge in [-0.3, -0.25) is 9.48 Å². The zero-order chi connectivity index (χ0) is 13.8. The van der Waals surface area contributed by atoms with Crippen LogP contribution in [0.5, 0.6) is 0 Å². The Hall–Kier alpha value is -1.42. The molecule has 1 aromatic carbocycles. The lowest BCUT2D eigenvalue weighted by Gasteiger charge is -2.02. The van der Waals surface area contributed by atoms with Crippen LogP contribution in [0.2, 0.25) is 0 Å². The number of aryl methyl sites for hydroxylation is 2. The van der Waals surface area contributed by atoms with Gasteiger partial charge in [0.2, 0.25) is 0 Å². The van der Waals surface area contributed by atoms with Crippen LogP contribution in [0.3, 0.4) is 0 Å². The quantitative estimate of drug-likeness (QED) is 0.772. The molecule has 0 fully saturated rings.